The summed E-state index contributed by atoms with van der Waals surface area (Å²) < 4.78 is 0. The van der Waals surface area contributed by atoms with E-state index in [4.69, 9.17) is 0 Å². The Hall–Kier alpha value is -2.14. The van der Waals surface area contributed by atoms with Crippen LogP contribution < -0.4 is 10.6 Å². The van der Waals surface area contributed by atoms with Gasteiger partial charge in [-0.05, 0) is 17.0 Å². The standard InChI is InChI=1S/C15H16N2O2S/c18-14(17-11-12-5-2-1-3-6-12)8-9-16-15(19)13-7-4-10-20-13/h1-7,10H,8-9,11H2,(H,16,19)(H,17,18). The second-order valence-corrected chi connectivity index (χ2v) is 5.19. The number of benzene rings is 1. The van der Waals surface area contributed by atoms with Crippen LogP contribution in [-0.2, 0) is 11.3 Å². The van der Waals surface area contributed by atoms with Crippen LogP contribution in [0, 0.1) is 0 Å². The van der Waals surface area contributed by atoms with Gasteiger partial charge in [-0.15, -0.1) is 11.3 Å². The molecule has 0 saturated heterocycles. The third kappa shape index (κ3) is 4.51. The smallest absolute Gasteiger partial charge is 0.261 e. The van der Waals surface area contributed by atoms with E-state index >= 15 is 0 Å². The fraction of sp³-hybridized carbons (Fsp3) is 0.200. The van der Waals surface area contributed by atoms with Gasteiger partial charge in [0.2, 0.25) is 5.91 Å². The summed E-state index contributed by atoms with van der Waals surface area (Å²) in [4.78, 5) is 23.9. The molecule has 0 aliphatic rings. The lowest BCUT2D eigenvalue weighted by molar-refractivity contribution is -0.121. The number of rotatable bonds is 6. The zero-order chi connectivity index (χ0) is 14.2. The fourth-order valence-corrected chi connectivity index (χ4v) is 2.31. The molecule has 104 valence electrons. The summed E-state index contributed by atoms with van der Waals surface area (Å²) in [6, 6.07) is 13.3. The molecular weight excluding hydrogens is 272 g/mol. The molecule has 1 aromatic carbocycles. The largest absolute Gasteiger partial charge is 0.352 e. The minimum absolute atomic E-state index is 0.0691. The molecule has 2 N–H and O–H groups in total. The van der Waals surface area contributed by atoms with Crippen molar-refractivity contribution >= 4 is 23.2 Å². The molecule has 0 saturated carbocycles. The highest BCUT2D eigenvalue weighted by Gasteiger charge is 2.06. The van der Waals surface area contributed by atoms with Gasteiger partial charge < -0.3 is 10.6 Å². The molecule has 1 aromatic heterocycles. The van der Waals surface area contributed by atoms with E-state index in [0.717, 1.165) is 5.56 Å². The molecule has 2 amide bonds. The van der Waals surface area contributed by atoms with E-state index in [9.17, 15) is 9.59 Å². The van der Waals surface area contributed by atoms with Crippen LogP contribution >= 0.6 is 11.3 Å². The fourth-order valence-electron chi connectivity index (χ4n) is 1.67. The molecule has 0 spiro atoms. The van der Waals surface area contributed by atoms with Crippen molar-refractivity contribution in [3.63, 3.8) is 0 Å². The minimum Gasteiger partial charge on any atom is -0.352 e. The van der Waals surface area contributed by atoms with E-state index in [2.05, 4.69) is 10.6 Å². The molecule has 0 bridgehead atoms. The first-order valence-electron chi connectivity index (χ1n) is 6.38. The number of carbonyl (C=O) groups excluding carboxylic acids is 2. The molecule has 4 nitrogen and oxygen atoms in total. The van der Waals surface area contributed by atoms with Crippen LogP contribution in [0.5, 0.6) is 0 Å². The molecule has 0 aliphatic heterocycles. The first-order chi connectivity index (χ1) is 9.75. The monoisotopic (exact) mass is 288 g/mol. The van der Waals surface area contributed by atoms with E-state index in [1.807, 2.05) is 41.8 Å². The summed E-state index contributed by atoms with van der Waals surface area (Å²) in [6.45, 7) is 0.857. The summed E-state index contributed by atoms with van der Waals surface area (Å²) in [5, 5.41) is 7.39. The normalized spacial score (nSPS) is 10.0. The first kappa shape index (κ1) is 14.3. The van der Waals surface area contributed by atoms with Crippen LogP contribution in [0.25, 0.3) is 0 Å². The Kier molecular flexibility index (Phi) is 5.32. The van der Waals surface area contributed by atoms with Crippen molar-refractivity contribution in [2.75, 3.05) is 6.54 Å². The van der Waals surface area contributed by atoms with Crippen LogP contribution in [0.15, 0.2) is 47.8 Å². The average molecular weight is 288 g/mol. The quantitative estimate of drug-likeness (QED) is 0.856. The van der Waals surface area contributed by atoms with Gasteiger partial charge in [-0.2, -0.15) is 0 Å². The Balaban J connectivity index is 1.64. The topological polar surface area (TPSA) is 58.2 Å². The lowest BCUT2D eigenvalue weighted by atomic mass is 10.2. The van der Waals surface area contributed by atoms with E-state index in [1.54, 1.807) is 6.07 Å². The van der Waals surface area contributed by atoms with Gasteiger partial charge in [0.1, 0.15) is 0 Å². The summed E-state index contributed by atoms with van der Waals surface area (Å²) in [5.74, 6) is -0.198. The van der Waals surface area contributed by atoms with Gasteiger partial charge in [-0.3, -0.25) is 9.59 Å². The molecule has 0 aliphatic carbocycles. The van der Waals surface area contributed by atoms with Gasteiger partial charge in [0.25, 0.3) is 5.91 Å². The van der Waals surface area contributed by atoms with Crippen molar-refractivity contribution in [2.45, 2.75) is 13.0 Å². The van der Waals surface area contributed by atoms with Crippen molar-refractivity contribution in [1.29, 1.82) is 0 Å². The van der Waals surface area contributed by atoms with Crippen molar-refractivity contribution in [3.05, 3.63) is 58.3 Å². The average Bonchev–Trinajstić information content (AvgIpc) is 3.00. The first-order valence-corrected chi connectivity index (χ1v) is 7.26. The summed E-state index contributed by atoms with van der Waals surface area (Å²) in [5.41, 5.74) is 1.06. The molecular formula is C15H16N2O2S. The maximum Gasteiger partial charge on any atom is 0.261 e. The van der Waals surface area contributed by atoms with Crippen LogP contribution in [-0.4, -0.2) is 18.4 Å². The number of hydrogen-bond donors (Lipinski definition) is 2. The molecule has 0 unspecified atom stereocenters. The molecule has 5 heteroatoms. The number of amides is 2. The predicted molar refractivity (Wildman–Crippen MR) is 79.6 cm³/mol. The SMILES string of the molecule is O=C(CCNC(=O)c1cccs1)NCc1ccccc1. The van der Waals surface area contributed by atoms with Crippen molar-refractivity contribution in [3.8, 4) is 0 Å². The van der Waals surface area contributed by atoms with E-state index < -0.39 is 0 Å². The third-order valence-corrected chi connectivity index (χ3v) is 3.58. The lowest BCUT2D eigenvalue weighted by Crippen LogP contribution is -2.30. The molecule has 20 heavy (non-hydrogen) atoms. The summed E-state index contributed by atoms with van der Waals surface area (Å²) in [6.07, 6.45) is 0.282. The number of thiophene rings is 1. The maximum absolute atomic E-state index is 11.6. The third-order valence-electron chi connectivity index (χ3n) is 2.72. The number of carbonyl (C=O) groups is 2. The zero-order valence-corrected chi connectivity index (χ0v) is 11.8. The molecule has 0 radical (unpaired) electrons. The van der Waals surface area contributed by atoms with Gasteiger partial charge in [0.15, 0.2) is 0 Å². The van der Waals surface area contributed by atoms with Crippen molar-refractivity contribution in [1.82, 2.24) is 10.6 Å². The Bertz CT molecular complexity index is 553. The zero-order valence-electron chi connectivity index (χ0n) is 11.0. The van der Waals surface area contributed by atoms with E-state index in [1.165, 1.54) is 11.3 Å². The van der Waals surface area contributed by atoms with E-state index in [0.29, 0.717) is 18.0 Å². The van der Waals surface area contributed by atoms with Gasteiger partial charge in [-0.1, -0.05) is 36.4 Å². The second kappa shape index (κ2) is 7.45. The summed E-state index contributed by atoms with van der Waals surface area (Å²) >= 11 is 1.38. The van der Waals surface area contributed by atoms with Crippen molar-refractivity contribution in [2.24, 2.45) is 0 Å². The molecule has 2 aromatic rings. The molecule has 2 rings (SSSR count). The minimum atomic E-state index is -0.129. The van der Waals surface area contributed by atoms with Crippen molar-refractivity contribution < 1.29 is 9.59 Å². The number of hydrogen-bond acceptors (Lipinski definition) is 3. The summed E-state index contributed by atoms with van der Waals surface area (Å²) in [7, 11) is 0. The molecule has 0 fully saturated rings. The van der Waals surface area contributed by atoms with Gasteiger partial charge >= 0.3 is 0 Å². The Morgan fingerprint density at radius 3 is 2.50 bits per heavy atom. The van der Waals surface area contributed by atoms with Gasteiger partial charge in [0.05, 0.1) is 4.88 Å². The van der Waals surface area contributed by atoms with Crippen LogP contribution in [0.2, 0.25) is 0 Å². The van der Waals surface area contributed by atoms with Crippen LogP contribution in [0.3, 0.4) is 0 Å². The number of nitrogens with one attached hydrogen (secondary N) is 2. The Morgan fingerprint density at radius 1 is 1.00 bits per heavy atom. The van der Waals surface area contributed by atoms with E-state index in [-0.39, 0.29) is 18.2 Å². The van der Waals surface area contributed by atoms with Gasteiger partial charge in [0, 0.05) is 19.5 Å². The second-order valence-electron chi connectivity index (χ2n) is 4.25. The van der Waals surface area contributed by atoms with Crippen LogP contribution in [0.4, 0.5) is 0 Å². The highest BCUT2D eigenvalue weighted by Crippen LogP contribution is 2.07. The Labute approximate surface area is 121 Å². The highest BCUT2D eigenvalue weighted by molar-refractivity contribution is 7.12. The molecule has 1 heterocycles. The highest BCUT2D eigenvalue weighted by atomic mass is 32.1. The Morgan fingerprint density at radius 2 is 1.80 bits per heavy atom. The lowest BCUT2D eigenvalue weighted by Gasteiger charge is -2.06. The predicted octanol–water partition coefficient (Wildman–Crippen LogP) is 2.18. The molecule has 0 atom stereocenters. The van der Waals surface area contributed by atoms with Crippen LogP contribution in [0.1, 0.15) is 21.7 Å². The maximum atomic E-state index is 11.6. The van der Waals surface area contributed by atoms with Gasteiger partial charge in [-0.25, -0.2) is 0 Å².